The Morgan fingerprint density at radius 1 is 1.12 bits per heavy atom. The summed E-state index contributed by atoms with van der Waals surface area (Å²) in [7, 11) is -3.51. The summed E-state index contributed by atoms with van der Waals surface area (Å²) in [5.74, 6) is -0.299. The van der Waals surface area contributed by atoms with Gasteiger partial charge >= 0.3 is 0 Å². The fourth-order valence-electron chi connectivity index (χ4n) is 4.47. The molecule has 0 saturated carbocycles. The van der Waals surface area contributed by atoms with Crippen LogP contribution in [0.3, 0.4) is 0 Å². The van der Waals surface area contributed by atoms with Crippen molar-refractivity contribution in [3.63, 3.8) is 0 Å². The molecule has 1 N–H and O–H groups in total. The number of likely N-dealkylation sites (tertiary alicyclic amines) is 1. The average molecular weight is 492 g/mol. The maximum absolute atomic E-state index is 12.5. The highest BCUT2D eigenvalue weighted by Gasteiger charge is 2.42. The number of piperidine rings is 1. The maximum Gasteiger partial charge on any atom is 0.282 e. The molecule has 3 saturated heterocycles. The highest BCUT2D eigenvalue weighted by molar-refractivity contribution is 7.86. The van der Waals surface area contributed by atoms with Gasteiger partial charge in [-0.05, 0) is 45.1 Å². The minimum Gasteiger partial charge on any atom is -0.352 e. The van der Waals surface area contributed by atoms with Crippen LogP contribution >= 0.6 is 0 Å². The van der Waals surface area contributed by atoms with Crippen LogP contribution in [0.2, 0.25) is 0 Å². The quantitative estimate of drug-likeness (QED) is 0.612. The van der Waals surface area contributed by atoms with Gasteiger partial charge in [0.15, 0.2) is 0 Å². The molecule has 3 aliphatic heterocycles. The van der Waals surface area contributed by atoms with E-state index >= 15 is 0 Å². The summed E-state index contributed by atoms with van der Waals surface area (Å²) < 4.78 is 27.9. The molecular weight excluding hydrogens is 454 g/mol. The van der Waals surface area contributed by atoms with Gasteiger partial charge in [-0.15, -0.1) is 0 Å². The van der Waals surface area contributed by atoms with Crippen molar-refractivity contribution in [2.45, 2.75) is 45.6 Å². The van der Waals surface area contributed by atoms with Gasteiger partial charge in [0.05, 0.1) is 23.9 Å². The van der Waals surface area contributed by atoms with Gasteiger partial charge in [0, 0.05) is 40.7 Å². The van der Waals surface area contributed by atoms with E-state index in [0.717, 1.165) is 50.7 Å². The Hall–Kier alpha value is -2.48. The van der Waals surface area contributed by atoms with E-state index in [1.54, 1.807) is 0 Å². The fourth-order valence-corrected chi connectivity index (χ4v) is 6.27. The molecule has 2 atom stereocenters. The van der Waals surface area contributed by atoms with Gasteiger partial charge < -0.3 is 10.2 Å². The van der Waals surface area contributed by atoms with E-state index in [0.29, 0.717) is 6.54 Å². The summed E-state index contributed by atoms with van der Waals surface area (Å²) in [5, 5.41) is 11.5. The number of carbonyl (C=O) groups excluding carboxylic acids is 2. The zero-order chi connectivity index (χ0) is 24.7. The normalized spacial score (nSPS) is 22.6. The zero-order valence-corrected chi connectivity index (χ0v) is 20.8. The Bertz CT molecular complexity index is 986. The standard InChI is InChI=1S/C14H22N4O3S.C10H13NO.H2/c15-8-12-9-18(10-12)22(20,21)17-7-3-4-13(11-17)14(19)16-5-1-2-6-16;1-8-3-5-10(6-4-8)9(2)11-7-12;/h12-13H,1-7,9-11H2;3-7,9H,1-2H3,(H,11,12);1H/t13-;9-;/m01./s1. The Balaban J connectivity index is 0.000000284. The monoisotopic (exact) mass is 491 g/mol. The number of nitrogens with one attached hydrogen (secondary N) is 1. The van der Waals surface area contributed by atoms with Crippen molar-refractivity contribution < 1.29 is 19.4 Å². The van der Waals surface area contributed by atoms with E-state index in [1.807, 2.05) is 43.0 Å². The molecular formula is C24H37N5O4S. The number of aryl methyl sites for hydroxylation is 1. The van der Waals surface area contributed by atoms with Crippen LogP contribution in [0.1, 0.15) is 51.2 Å². The molecule has 0 spiro atoms. The van der Waals surface area contributed by atoms with Crippen molar-refractivity contribution in [2.75, 3.05) is 39.3 Å². The molecule has 0 aromatic heterocycles. The molecule has 0 radical (unpaired) electrons. The number of carbonyl (C=O) groups is 2. The first-order valence-corrected chi connectivity index (χ1v) is 13.4. The summed E-state index contributed by atoms with van der Waals surface area (Å²) in [6.07, 6.45) is 4.30. The lowest BCUT2D eigenvalue weighted by Gasteiger charge is -2.40. The predicted molar refractivity (Wildman–Crippen MR) is 131 cm³/mol. The van der Waals surface area contributed by atoms with Crippen LogP contribution < -0.4 is 5.32 Å². The number of rotatable bonds is 6. The smallest absolute Gasteiger partial charge is 0.282 e. The van der Waals surface area contributed by atoms with Crippen molar-refractivity contribution in [2.24, 2.45) is 11.8 Å². The van der Waals surface area contributed by atoms with Crippen molar-refractivity contribution >= 4 is 22.5 Å². The Labute approximate surface area is 204 Å². The zero-order valence-electron chi connectivity index (χ0n) is 20.0. The first kappa shape index (κ1) is 26.1. The Morgan fingerprint density at radius 2 is 1.76 bits per heavy atom. The van der Waals surface area contributed by atoms with Gasteiger partial charge in [0.25, 0.3) is 10.2 Å². The molecule has 1 aromatic rings. The molecule has 3 heterocycles. The minimum absolute atomic E-state index is 0. The van der Waals surface area contributed by atoms with Crippen molar-refractivity contribution in [1.29, 1.82) is 5.26 Å². The number of hydrogen-bond acceptors (Lipinski definition) is 5. The van der Waals surface area contributed by atoms with Crippen LogP contribution in [0.4, 0.5) is 0 Å². The molecule has 2 amide bonds. The third-order valence-corrected chi connectivity index (χ3v) is 8.66. The summed E-state index contributed by atoms with van der Waals surface area (Å²) in [5.41, 5.74) is 2.37. The molecule has 3 aliphatic rings. The number of benzene rings is 1. The topological polar surface area (TPSA) is 114 Å². The maximum atomic E-state index is 12.5. The van der Waals surface area contributed by atoms with Crippen molar-refractivity contribution in [3.05, 3.63) is 35.4 Å². The highest BCUT2D eigenvalue weighted by Crippen LogP contribution is 2.27. The number of nitrogens with zero attached hydrogens (tertiary/aromatic N) is 4. The molecule has 10 heteroatoms. The average Bonchev–Trinajstić information content (AvgIpc) is 3.34. The largest absolute Gasteiger partial charge is 0.352 e. The molecule has 188 valence electrons. The van der Waals surface area contributed by atoms with Crippen molar-refractivity contribution in [3.8, 4) is 6.07 Å². The molecule has 0 unspecified atom stereocenters. The number of hydrogen-bond donors (Lipinski definition) is 1. The van der Waals surface area contributed by atoms with Gasteiger partial charge in [-0.3, -0.25) is 9.59 Å². The lowest BCUT2D eigenvalue weighted by Crippen LogP contribution is -2.57. The highest BCUT2D eigenvalue weighted by atomic mass is 32.2. The molecule has 3 fully saturated rings. The summed E-state index contributed by atoms with van der Waals surface area (Å²) in [6, 6.07) is 10.3. The Kier molecular flexibility index (Phi) is 9.05. The minimum atomic E-state index is -3.51. The van der Waals surface area contributed by atoms with Gasteiger partial charge in [-0.1, -0.05) is 29.8 Å². The fraction of sp³-hybridized carbons (Fsp3) is 0.625. The first-order chi connectivity index (χ1) is 16.3. The van der Waals surface area contributed by atoms with Crippen LogP contribution in [0.15, 0.2) is 24.3 Å². The lowest BCUT2D eigenvalue weighted by molar-refractivity contribution is -0.135. The predicted octanol–water partition coefficient (Wildman–Crippen LogP) is 2.07. The summed E-state index contributed by atoms with van der Waals surface area (Å²) in [4.78, 5) is 24.5. The van der Waals surface area contributed by atoms with E-state index in [-0.39, 0.29) is 44.8 Å². The molecule has 34 heavy (non-hydrogen) atoms. The second-order valence-corrected chi connectivity index (χ2v) is 11.2. The molecule has 0 aliphatic carbocycles. The van der Waals surface area contributed by atoms with Crippen LogP contribution in [-0.2, 0) is 19.8 Å². The van der Waals surface area contributed by atoms with Crippen LogP contribution in [0.5, 0.6) is 0 Å². The number of amides is 2. The second-order valence-electron chi connectivity index (χ2n) is 9.30. The number of nitriles is 1. The SMILES string of the molecule is Cc1ccc([C@@H](C)NC=O)cc1.N#CC1CN(S(=O)(=O)N2CCC[C@H](C(=O)N3CCCC3)C2)C1.[HH]. The Morgan fingerprint density at radius 3 is 2.35 bits per heavy atom. The lowest BCUT2D eigenvalue weighted by atomic mass is 9.98. The van der Waals surface area contributed by atoms with Crippen LogP contribution in [0, 0.1) is 30.1 Å². The van der Waals surface area contributed by atoms with E-state index in [9.17, 15) is 18.0 Å². The van der Waals surface area contributed by atoms with Gasteiger partial charge in [0.2, 0.25) is 12.3 Å². The van der Waals surface area contributed by atoms with Gasteiger partial charge in [-0.25, -0.2) is 0 Å². The third-order valence-electron chi connectivity index (χ3n) is 6.73. The second kappa shape index (κ2) is 11.8. The van der Waals surface area contributed by atoms with Crippen LogP contribution in [0.25, 0.3) is 0 Å². The molecule has 0 bridgehead atoms. The van der Waals surface area contributed by atoms with Crippen molar-refractivity contribution in [1.82, 2.24) is 18.8 Å². The molecule has 9 nitrogen and oxygen atoms in total. The van der Waals surface area contributed by atoms with E-state index < -0.39 is 10.2 Å². The van der Waals surface area contributed by atoms with Gasteiger partial charge in [0.1, 0.15) is 0 Å². The van der Waals surface area contributed by atoms with Gasteiger partial charge in [-0.2, -0.15) is 22.3 Å². The molecule has 1 aromatic carbocycles. The summed E-state index contributed by atoms with van der Waals surface area (Å²) in [6.45, 7) is 6.92. The molecule has 4 rings (SSSR count). The van der Waals surface area contributed by atoms with E-state index in [4.69, 9.17) is 5.26 Å². The summed E-state index contributed by atoms with van der Waals surface area (Å²) >= 11 is 0. The third kappa shape index (κ3) is 6.34. The van der Waals surface area contributed by atoms with E-state index in [1.165, 1.54) is 14.2 Å². The van der Waals surface area contributed by atoms with Crippen LogP contribution in [-0.4, -0.2) is 73.5 Å². The first-order valence-electron chi connectivity index (χ1n) is 12.0. The van der Waals surface area contributed by atoms with E-state index in [2.05, 4.69) is 11.4 Å².